The molecule has 0 bridgehead atoms. The molecule has 3 N–H and O–H groups in total. The van der Waals surface area contributed by atoms with Crippen molar-refractivity contribution in [1.29, 1.82) is 0 Å². The van der Waals surface area contributed by atoms with E-state index < -0.39 is 26.5 Å². The van der Waals surface area contributed by atoms with Gasteiger partial charge in [0.1, 0.15) is 0 Å². The van der Waals surface area contributed by atoms with Crippen LogP contribution in [-0.2, 0) is 14.6 Å². The largest absolute Gasteiger partial charge is 0.481 e. The van der Waals surface area contributed by atoms with Crippen LogP contribution in [0.4, 0.5) is 0 Å². The van der Waals surface area contributed by atoms with Crippen molar-refractivity contribution in [1.82, 2.24) is 0 Å². The zero-order valence-corrected chi connectivity index (χ0v) is 7.47. The fourth-order valence-corrected chi connectivity index (χ4v) is 2.98. The lowest BCUT2D eigenvalue weighted by molar-refractivity contribution is -0.142. The number of rotatable bonds is 3. The highest BCUT2D eigenvalue weighted by Crippen LogP contribution is 2.49. The molecular weight excluding hydrogens is 182 g/mol. The van der Waals surface area contributed by atoms with Gasteiger partial charge in [0.25, 0.3) is 0 Å². The molecule has 6 heteroatoms. The molecule has 1 aliphatic rings. The molecule has 0 aliphatic heterocycles. The maximum absolute atomic E-state index is 11.0. The topological polar surface area (TPSA) is 97.5 Å². The molecule has 0 saturated heterocycles. The zero-order valence-electron chi connectivity index (χ0n) is 6.65. The first-order chi connectivity index (χ1) is 5.34. The van der Waals surface area contributed by atoms with E-state index in [1.54, 1.807) is 0 Å². The summed E-state index contributed by atoms with van der Waals surface area (Å²) in [7, 11) is -3.26. The van der Waals surface area contributed by atoms with E-state index in [0.29, 0.717) is 0 Å². The van der Waals surface area contributed by atoms with Gasteiger partial charge in [-0.2, -0.15) is 0 Å². The minimum Gasteiger partial charge on any atom is -0.481 e. The summed E-state index contributed by atoms with van der Waals surface area (Å²) >= 11 is 0. The van der Waals surface area contributed by atoms with Crippen molar-refractivity contribution >= 4 is 15.8 Å². The van der Waals surface area contributed by atoms with E-state index in [1.807, 2.05) is 0 Å². The van der Waals surface area contributed by atoms with Gasteiger partial charge < -0.3 is 10.8 Å². The molecule has 70 valence electrons. The molecule has 1 fully saturated rings. The normalized spacial score (nSPS) is 34.7. The molecule has 0 spiro atoms. The van der Waals surface area contributed by atoms with Crippen LogP contribution in [0, 0.1) is 5.41 Å². The van der Waals surface area contributed by atoms with Crippen molar-refractivity contribution in [2.24, 2.45) is 11.1 Å². The summed E-state index contributed by atoms with van der Waals surface area (Å²) < 4.78 is 21.9. The van der Waals surface area contributed by atoms with Crippen LogP contribution < -0.4 is 5.73 Å². The van der Waals surface area contributed by atoms with E-state index in [0.717, 1.165) is 6.26 Å². The molecule has 0 aromatic rings. The molecule has 5 nitrogen and oxygen atoms in total. The molecule has 0 amide bonds. The standard InChI is InChI=1S/C6H11NO4S/c1-12(10,11)4-2-6(4,3-7)5(8)9/h4H,2-3,7H2,1H3,(H,8,9). The first-order valence-electron chi connectivity index (χ1n) is 3.47. The molecule has 1 saturated carbocycles. The number of aliphatic carboxylic acids is 1. The van der Waals surface area contributed by atoms with Gasteiger partial charge in [0.15, 0.2) is 9.84 Å². The summed E-state index contributed by atoms with van der Waals surface area (Å²) in [5.74, 6) is -1.11. The molecule has 0 aromatic heterocycles. The second-order valence-electron chi connectivity index (χ2n) is 3.19. The molecule has 1 rings (SSSR count). The molecule has 2 atom stereocenters. The number of carboxylic acid groups (broad SMARTS) is 1. The summed E-state index contributed by atoms with van der Waals surface area (Å²) in [6.07, 6.45) is 1.19. The Labute approximate surface area is 70.5 Å². The van der Waals surface area contributed by atoms with Gasteiger partial charge in [-0.25, -0.2) is 8.42 Å². The van der Waals surface area contributed by atoms with Crippen LogP contribution in [0.5, 0.6) is 0 Å². The average Bonchev–Trinajstić information content (AvgIpc) is 2.60. The average molecular weight is 193 g/mol. The van der Waals surface area contributed by atoms with Gasteiger partial charge in [0.05, 0.1) is 10.7 Å². The lowest BCUT2D eigenvalue weighted by Crippen LogP contribution is -2.30. The fourth-order valence-electron chi connectivity index (χ4n) is 1.36. The Bertz CT molecular complexity index is 310. The Hall–Kier alpha value is -0.620. The molecule has 2 unspecified atom stereocenters. The van der Waals surface area contributed by atoms with Gasteiger partial charge in [-0.3, -0.25) is 4.79 Å². The number of hydrogen-bond acceptors (Lipinski definition) is 4. The van der Waals surface area contributed by atoms with Gasteiger partial charge in [-0.1, -0.05) is 0 Å². The first-order valence-corrected chi connectivity index (χ1v) is 5.42. The van der Waals surface area contributed by atoms with Crippen molar-refractivity contribution < 1.29 is 18.3 Å². The quantitative estimate of drug-likeness (QED) is 0.588. The Morgan fingerprint density at radius 2 is 2.25 bits per heavy atom. The summed E-state index contributed by atoms with van der Waals surface area (Å²) in [6.45, 7) is -0.111. The highest BCUT2D eigenvalue weighted by molar-refractivity contribution is 7.91. The van der Waals surface area contributed by atoms with Gasteiger partial charge in [-0.05, 0) is 6.42 Å². The summed E-state index contributed by atoms with van der Waals surface area (Å²) in [5.41, 5.74) is 4.01. The lowest BCUT2D eigenvalue weighted by atomic mass is 10.1. The summed E-state index contributed by atoms with van der Waals surface area (Å²) in [6, 6.07) is 0. The predicted octanol–water partition coefficient (Wildman–Crippen LogP) is -1.17. The van der Waals surface area contributed by atoms with Crippen LogP contribution in [0.2, 0.25) is 0 Å². The molecule has 0 radical (unpaired) electrons. The molecular formula is C6H11NO4S. The maximum Gasteiger partial charge on any atom is 0.312 e. The Morgan fingerprint density at radius 3 is 2.33 bits per heavy atom. The van der Waals surface area contributed by atoms with Gasteiger partial charge >= 0.3 is 5.97 Å². The second kappa shape index (κ2) is 2.43. The highest BCUT2D eigenvalue weighted by Gasteiger charge is 2.64. The molecule has 0 heterocycles. The van der Waals surface area contributed by atoms with Crippen LogP contribution in [0.25, 0.3) is 0 Å². The second-order valence-corrected chi connectivity index (χ2v) is 5.42. The Balaban J connectivity index is 2.89. The van der Waals surface area contributed by atoms with Gasteiger partial charge in [0.2, 0.25) is 0 Å². The Kier molecular flexibility index (Phi) is 1.92. The number of nitrogens with two attached hydrogens (primary N) is 1. The van der Waals surface area contributed by atoms with E-state index in [9.17, 15) is 13.2 Å². The van der Waals surface area contributed by atoms with E-state index >= 15 is 0 Å². The van der Waals surface area contributed by atoms with Crippen LogP contribution in [0.1, 0.15) is 6.42 Å². The van der Waals surface area contributed by atoms with E-state index in [2.05, 4.69) is 0 Å². The number of sulfone groups is 1. The predicted molar refractivity (Wildman–Crippen MR) is 42.4 cm³/mol. The smallest absolute Gasteiger partial charge is 0.312 e. The third kappa shape index (κ3) is 1.21. The number of carboxylic acids is 1. The minimum absolute atomic E-state index is 0.111. The van der Waals surface area contributed by atoms with E-state index in [4.69, 9.17) is 10.8 Å². The van der Waals surface area contributed by atoms with Crippen LogP contribution in [0.15, 0.2) is 0 Å². The van der Waals surface area contributed by atoms with Crippen molar-refractivity contribution in [3.63, 3.8) is 0 Å². The number of hydrogen-bond donors (Lipinski definition) is 2. The summed E-state index contributed by atoms with van der Waals surface area (Å²) in [5, 5.41) is 7.91. The molecule has 1 aliphatic carbocycles. The third-order valence-electron chi connectivity index (χ3n) is 2.31. The zero-order chi connectivity index (χ0) is 9.57. The van der Waals surface area contributed by atoms with E-state index in [-0.39, 0.29) is 13.0 Å². The van der Waals surface area contributed by atoms with Crippen molar-refractivity contribution in [2.45, 2.75) is 11.7 Å². The molecule has 0 aromatic carbocycles. The van der Waals surface area contributed by atoms with Crippen molar-refractivity contribution in [2.75, 3.05) is 12.8 Å². The van der Waals surface area contributed by atoms with Gasteiger partial charge in [-0.15, -0.1) is 0 Å². The van der Waals surface area contributed by atoms with Crippen molar-refractivity contribution in [3.8, 4) is 0 Å². The fraction of sp³-hybridized carbons (Fsp3) is 0.833. The first kappa shape index (κ1) is 9.47. The van der Waals surface area contributed by atoms with Crippen LogP contribution >= 0.6 is 0 Å². The van der Waals surface area contributed by atoms with Crippen LogP contribution in [-0.4, -0.2) is 37.5 Å². The Morgan fingerprint density at radius 1 is 1.75 bits per heavy atom. The van der Waals surface area contributed by atoms with Crippen molar-refractivity contribution in [3.05, 3.63) is 0 Å². The van der Waals surface area contributed by atoms with Crippen LogP contribution in [0.3, 0.4) is 0 Å². The monoisotopic (exact) mass is 193 g/mol. The maximum atomic E-state index is 11.0. The number of carbonyl (C=O) groups is 1. The van der Waals surface area contributed by atoms with E-state index in [1.165, 1.54) is 0 Å². The molecule has 12 heavy (non-hydrogen) atoms. The highest BCUT2D eigenvalue weighted by atomic mass is 32.2. The SMILES string of the molecule is CS(=O)(=O)C1CC1(CN)C(=O)O. The third-order valence-corrected chi connectivity index (χ3v) is 3.96. The van der Waals surface area contributed by atoms with Gasteiger partial charge in [0, 0.05) is 12.8 Å². The minimum atomic E-state index is -3.26. The lowest BCUT2D eigenvalue weighted by Gasteiger charge is -2.06. The summed E-state index contributed by atoms with van der Waals surface area (Å²) in [4.78, 5) is 10.6.